The third-order valence-corrected chi connectivity index (χ3v) is 4.21. The molecule has 1 unspecified atom stereocenters. The first-order valence-corrected chi connectivity index (χ1v) is 8.74. The van der Waals surface area contributed by atoms with Gasteiger partial charge in [-0.3, -0.25) is 14.9 Å². The molecule has 1 aromatic heterocycles. The summed E-state index contributed by atoms with van der Waals surface area (Å²) >= 11 is 3.34. The SMILES string of the molecule is CC(OC(=O)Cc1ccc(Br)cc1)c1nnc(-c2ccc([N+](=O)[O-])cc2)o1. The first kappa shape index (κ1) is 18.7. The fourth-order valence-electron chi connectivity index (χ4n) is 2.30. The van der Waals surface area contributed by atoms with Crippen molar-refractivity contribution in [3.8, 4) is 11.5 Å². The predicted octanol–water partition coefficient (Wildman–Crippen LogP) is 4.25. The molecular weight excluding hydrogens is 418 g/mol. The lowest BCUT2D eigenvalue weighted by Gasteiger charge is -2.09. The quantitative estimate of drug-likeness (QED) is 0.325. The lowest BCUT2D eigenvalue weighted by Crippen LogP contribution is -2.11. The molecule has 0 fully saturated rings. The summed E-state index contributed by atoms with van der Waals surface area (Å²) in [6, 6.07) is 13.1. The number of nitro benzene ring substituents is 1. The van der Waals surface area contributed by atoms with Gasteiger partial charge in [-0.05, 0) is 36.8 Å². The highest BCUT2D eigenvalue weighted by Crippen LogP contribution is 2.24. The molecule has 138 valence electrons. The maximum atomic E-state index is 12.1. The normalized spacial score (nSPS) is 11.8. The van der Waals surface area contributed by atoms with Crippen molar-refractivity contribution < 1.29 is 18.9 Å². The molecule has 0 amide bonds. The minimum absolute atomic E-state index is 0.0336. The maximum absolute atomic E-state index is 12.1. The van der Waals surface area contributed by atoms with Gasteiger partial charge in [-0.25, -0.2) is 0 Å². The van der Waals surface area contributed by atoms with Crippen LogP contribution in [0.25, 0.3) is 11.5 Å². The van der Waals surface area contributed by atoms with Crippen molar-refractivity contribution in [2.45, 2.75) is 19.4 Å². The Balaban J connectivity index is 1.63. The summed E-state index contributed by atoms with van der Waals surface area (Å²) in [6.45, 7) is 1.63. The van der Waals surface area contributed by atoms with Crippen molar-refractivity contribution in [3.05, 3.63) is 74.6 Å². The highest BCUT2D eigenvalue weighted by atomic mass is 79.9. The van der Waals surface area contributed by atoms with Crippen molar-refractivity contribution in [3.63, 3.8) is 0 Å². The number of nitrogens with zero attached hydrogens (tertiary/aromatic N) is 3. The van der Waals surface area contributed by atoms with E-state index < -0.39 is 17.0 Å². The van der Waals surface area contributed by atoms with Crippen molar-refractivity contribution in [1.82, 2.24) is 10.2 Å². The molecule has 0 spiro atoms. The smallest absolute Gasteiger partial charge is 0.311 e. The van der Waals surface area contributed by atoms with Crippen molar-refractivity contribution >= 4 is 27.6 Å². The lowest BCUT2D eigenvalue weighted by molar-refractivity contribution is -0.384. The zero-order valence-corrected chi connectivity index (χ0v) is 15.8. The zero-order chi connectivity index (χ0) is 19.4. The molecule has 0 radical (unpaired) electrons. The number of benzene rings is 2. The Kier molecular flexibility index (Phi) is 5.60. The van der Waals surface area contributed by atoms with Gasteiger partial charge in [0.1, 0.15) is 0 Å². The molecule has 9 heteroatoms. The van der Waals surface area contributed by atoms with Gasteiger partial charge in [-0.2, -0.15) is 0 Å². The second-order valence-electron chi connectivity index (χ2n) is 5.68. The molecule has 3 aromatic rings. The summed E-state index contributed by atoms with van der Waals surface area (Å²) in [6.07, 6.45) is -0.590. The Hall–Kier alpha value is -3.07. The summed E-state index contributed by atoms with van der Waals surface area (Å²) in [7, 11) is 0. The Morgan fingerprint density at radius 1 is 1.19 bits per heavy atom. The first-order valence-electron chi connectivity index (χ1n) is 7.94. The van der Waals surface area contributed by atoms with Crippen LogP contribution in [0, 0.1) is 10.1 Å². The summed E-state index contributed by atoms with van der Waals surface area (Å²) < 4.78 is 11.8. The second kappa shape index (κ2) is 8.09. The van der Waals surface area contributed by atoms with Gasteiger partial charge in [-0.1, -0.05) is 28.1 Å². The van der Waals surface area contributed by atoms with Crippen LogP contribution in [0.4, 0.5) is 5.69 Å². The molecule has 8 nitrogen and oxygen atoms in total. The molecule has 0 N–H and O–H groups in total. The van der Waals surface area contributed by atoms with Crippen LogP contribution in [0.15, 0.2) is 57.4 Å². The van der Waals surface area contributed by atoms with Crippen LogP contribution in [0.3, 0.4) is 0 Å². The summed E-state index contributed by atoms with van der Waals surface area (Å²) in [5, 5.41) is 18.5. The van der Waals surface area contributed by atoms with Crippen LogP contribution < -0.4 is 0 Å². The minimum atomic E-state index is -0.716. The molecule has 0 aliphatic rings. The summed E-state index contributed by atoms with van der Waals surface area (Å²) in [5.41, 5.74) is 1.33. The van der Waals surface area contributed by atoms with E-state index in [-0.39, 0.29) is 23.9 Å². The molecule has 0 aliphatic heterocycles. The number of hydrogen-bond donors (Lipinski definition) is 0. The van der Waals surface area contributed by atoms with Crippen LogP contribution >= 0.6 is 15.9 Å². The summed E-state index contributed by atoms with van der Waals surface area (Å²) in [4.78, 5) is 22.3. The van der Waals surface area contributed by atoms with Crippen LogP contribution in [0.1, 0.15) is 24.5 Å². The van der Waals surface area contributed by atoms with E-state index in [0.717, 1.165) is 10.0 Å². The summed E-state index contributed by atoms with van der Waals surface area (Å²) in [5.74, 6) is -0.0804. The van der Waals surface area contributed by atoms with Gasteiger partial charge in [-0.15, -0.1) is 10.2 Å². The predicted molar refractivity (Wildman–Crippen MR) is 98.7 cm³/mol. The van der Waals surface area contributed by atoms with E-state index in [1.54, 1.807) is 6.92 Å². The van der Waals surface area contributed by atoms with Crippen LogP contribution in [-0.2, 0) is 16.0 Å². The lowest BCUT2D eigenvalue weighted by atomic mass is 10.1. The van der Waals surface area contributed by atoms with E-state index in [1.807, 2.05) is 24.3 Å². The molecule has 0 saturated carbocycles. The van der Waals surface area contributed by atoms with E-state index in [9.17, 15) is 14.9 Å². The molecule has 0 aliphatic carbocycles. The van der Waals surface area contributed by atoms with E-state index in [0.29, 0.717) is 5.56 Å². The number of carbonyl (C=O) groups is 1. The minimum Gasteiger partial charge on any atom is -0.452 e. The number of carbonyl (C=O) groups excluding carboxylic acids is 1. The molecule has 1 atom stereocenters. The number of rotatable bonds is 6. The molecule has 3 rings (SSSR count). The van der Waals surface area contributed by atoms with Crippen LogP contribution in [-0.4, -0.2) is 21.1 Å². The maximum Gasteiger partial charge on any atom is 0.311 e. The van der Waals surface area contributed by atoms with Crippen molar-refractivity contribution in [2.75, 3.05) is 0 Å². The average Bonchev–Trinajstić information content (AvgIpc) is 3.14. The molecule has 0 saturated heterocycles. The second-order valence-corrected chi connectivity index (χ2v) is 6.60. The number of halogens is 1. The van der Waals surface area contributed by atoms with Gasteiger partial charge in [0.25, 0.3) is 11.6 Å². The van der Waals surface area contributed by atoms with E-state index in [4.69, 9.17) is 9.15 Å². The molecule has 27 heavy (non-hydrogen) atoms. The standard InChI is InChI=1S/C18H14BrN3O5/c1-11(26-16(23)10-12-2-6-14(19)7-3-12)17-20-21-18(27-17)13-4-8-15(9-5-13)22(24)25/h2-9,11H,10H2,1H3. The molecule has 2 aromatic carbocycles. The number of ether oxygens (including phenoxy) is 1. The van der Waals surface area contributed by atoms with Gasteiger partial charge in [0.05, 0.1) is 11.3 Å². The number of non-ortho nitro benzene ring substituents is 1. The van der Waals surface area contributed by atoms with Crippen LogP contribution in [0.2, 0.25) is 0 Å². The van der Waals surface area contributed by atoms with Gasteiger partial charge in [0, 0.05) is 22.2 Å². The number of nitro groups is 1. The van der Waals surface area contributed by atoms with Gasteiger partial charge >= 0.3 is 5.97 Å². The van der Waals surface area contributed by atoms with E-state index in [1.165, 1.54) is 24.3 Å². The van der Waals surface area contributed by atoms with E-state index >= 15 is 0 Å². The van der Waals surface area contributed by atoms with E-state index in [2.05, 4.69) is 26.1 Å². The largest absolute Gasteiger partial charge is 0.452 e. The Bertz CT molecular complexity index is 954. The fraction of sp³-hybridized carbons (Fsp3) is 0.167. The van der Waals surface area contributed by atoms with Gasteiger partial charge in [0.2, 0.25) is 5.89 Å². The van der Waals surface area contributed by atoms with Gasteiger partial charge < -0.3 is 9.15 Å². The molecule has 1 heterocycles. The van der Waals surface area contributed by atoms with Crippen molar-refractivity contribution in [2.24, 2.45) is 0 Å². The highest BCUT2D eigenvalue weighted by molar-refractivity contribution is 9.10. The number of esters is 1. The first-order chi connectivity index (χ1) is 12.9. The fourth-order valence-corrected chi connectivity index (χ4v) is 2.56. The van der Waals surface area contributed by atoms with Crippen LogP contribution in [0.5, 0.6) is 0 Å². The Morgan fingerprint density at radius 3 is 2.48 bits per heavy atom. The third-order valence-electron chi connectivity index (χ3n) is 3.68. The Morgan fingerprint density at radius 2 is 1.85 bits per heavy atom. The Labute approximate surface area is 162 Å². The van der Waals surface area contributed by atoms with Gasteiger partial charge in [0.15, 0.2) is 6.10 Å². The molecular formula is C18H14BrN3O5. The zero-order valence-electron chi connectivity index (χ0n) is 14.2. The topological polar surface area (TPSA) is 108 Å². The number of aromatic nitrogens is 2. The molecule has 0 bridgehead atoms. The third kappa shape index (κ3) is 4.76. The average molecular weight is 432 g/mol. The number of hydrogen-bond acceptors (Lipinski definition) is 7. The highest BCUT2D eigenvalue weighted by Gasteiger charge is 2.19. The van der Waals surface area contributed by atoms with Crippen molar-refractivity contribution in [1.29, 1.82) is 0 Å². The monoisotopic (exact) mass is 431 g/mol.